The van der Waals surface area contributed by atoms with Crippen molar-refractivity contribution >= 4 is 17.7 Å². The number of piperidine rings is 1. The van der Waals surface area contributed by atoms with Crippen molar-refractivity contribution in [3.05, 3.63) is 23.2 Å². The lowest BCUT2D eigenvalue weighted by molar-refractivity contribution is -0.0602. The summed E-state index contributed by atoms with van der Waals surface area (Å²) >= 11 is 5.77. The predicted molar refractivity (Wildman–Crippen MR) is 91.8 cm³/mol. The zero-order valence-electron chi connectivity index (χ0n) is 14.6. The molecule has 0 atom stereocenters. The van der Waals surface area contributed by atoms with Crippen LogP contribution >= 0.6 is 11.6 Å². The van der Waals surface area contributed by atoms with Gasteiger partial charge in [0.25, 0.3) is 0 Å². The van der Waals surface area contributed by atoms with E-state index in [1.54, 1.807) is 12.4 Å². The van der Waals surface area contributed by atoms with Crippen molar-refractivity contribution in [2.75, 3.05) is 26.2 Å². The smallest absolute Gasteiger partial charge is 0.410 e. The van der Waals surface area contributed by atoms with Gasteiger partial charge in [0.15, 0.2) is 0 Å². The number of aromatic nitrogens is 2. The lowest BCUT2D eigenvalue weighted by atomic mass is 9.72. The molecule has 2 aliphatic heterocycles. The molecule has 1 spiro atoms. The monoisotopic (exact) mass is 352 g/mol. The molecule has 0 N–H and O–H groups in total. The van der Waals surface area contributed by atoms with E-state index in [2.05, 4.69) is 14.9 Å². The summed E-state index contributed by atoms with van der Waals surface area (Å²) in [7, 11) is 0. The van der Waals surface area contributed by atoms with E-state index in [0.717, 1.165) is 51.3 Å². The summed E-state index contributed by atoms with van der Waals surface area (Å²) in [6.07, 6.45) is 5.35. The number of nitrogens with zero attached hydrogens (tertiary/aromatic N) is 4. The van der Waals surface area contributed by atoms with Gasteiger partial charge in [-0.05, 0) is 46.7 Å². The van der Waals surface area contributed by atoms with Gasteiger partial charge in [-0.3, -0.25) is 9.88 Å². The number of halogens is 1. The van der Waals surface area contributed by atoms with Crippen LogP contribution in [-0.2, 0) is 11.3 Å². The Morgan fingerprint density at radius 1 is 1.25 bits per heavy atom. The average Bonchev–Trinajstić information content (AvgIpc) is 2.46. The number of carbonyl (C=O) groups is 1. The van der Waals surface area contributed by atoms with E-state index in [1.807, 2.05) is 25.7 Å². The Balaban J connectivity index is 1.45. The van der Waals surface area contributed by atoms with Crippen LogP contribution in [0.15, 0.2) is 12.4 Å². The molecular weight excluding hydrogens is 328 g/mol. The second kappa shape index (κ2) is 6.48. The number of carbonyl (C=O) groups excluding carboxylic acids is 1. The van der Waals surface area contributed by atoms with Crippen LogP contribution in [0.25, 0.3) is 0 Å². The fourth-order valence-electron chi connectivity index (χ4n) is 3.37. The molecular formula is C17H25ClN4O2. The van der Waals surface area contributed by atoms with Gasteiger partial charge >= 0.3 is 6.09 Å². The van der Waals surface area contributed by atoms with E-state index < -0.39 is 5.60 Å². The fourth-order valence-corrected chi connectivity index (χ4v) is 3.47. The largest absolute Gasteiger partial charge is 0.444 e. The van der Waals surface area contributed by atoms with Crippen molar-refractivity contribution in [3.8, 4) is 0 Å². The van der Waals surface area contributed by atoms with Gasteiger partial charge in [0.2, 0.25) is 0 Å². The van der Waals surface area contributed by atoms with Gasteiger partial charge in [-0.2, -0.15) is 0 Å². The van der Waals surface area contributed by atoms with E-state index in [-0.39, 0.29) is 11.5 Å². The predicted octanol–water partition coefficient (Wildman–Crippen LogP) is 2.96. The molecule has 1 aromatic rings. The quantitative estimate of drug-likeness (QED) is 0.819. The molecule has 0 radical (unpaired) electrons. The third-order valence-corrected chi connectivity index (χ3v) is 4.88. The minimum Gasteiger partial charge on any atom is -0.444 e. The summed E-state index contributed by atoms with van der Waals surface area (Å²) < 4.78 is 5.44. The molecule has 0 aromatic carbocycles. The molecule has 24 heavy (non-hydrogen) atoms. The first-order chi connectivity index (χ1) is 11.2. The molecule has 2 aliphatic rings. The number of ether oxygens (including phenoxy) is 1. The van der Waals surface area contributed by atoms with Crippen LogP contribution in [0, 0.1) is 5.41 Å². The molecule has 132 valence electrons. The maximum atomic E-state index is 12.1. The highest BCUT2D eigenvalue weighted by atomic mass is 35.5. The molecule has 3 heterocycles. The lowest BCUT2D eigenvalue weighted by Crippen LogP contribution is -2.62. The second-order valence-electron chi connectivity index (χ2n) is 7.94. The summed E-state index contributed by atoms with van der Waals surface area (Å²) in [5, 5.41) is 0.424. The molecule has 0 aliphatic carbocycles. The Morgan fingerprint density at radius 2 is 1.92 bits per heavy atom. The van der Waals surface area contributed by atoms with Gasteiger partial charge < -0.3 is 9.64 Å². The zero-order chi connectivity index (χ0) is 17.4. The van der Waals surface area contributed by atoms with Crippen molar-refractivity contribution in [1.82, 2.24) is 19.8 Å². The Labute approximate surface area is 148 Å². The highest BCUT2D eigenvalue weighted by molar-refractivity contribution is 6.29. The number of likely N-dealkylation sites (tertiary alicyclic amines) is 2. The summed E-state index contributed by atoms with van der Waals surface area (Å²) in [5.74, 6) is 0. The van der Waals surface area contributed by atoms with E-state index in [1.165, 1.54) is 0 Å². The Hall–Kier alpha value is -1.40. The van der Waals surface area contributed by atoms with E-state index in [0.29, 0.717) is 5.15 Å². The van der Waals surface area contributed by atoms with Crippen molar-refractivity contribution < 1.29 is 9.53 Å². The summed E-state index contributed by atoms with van der Waals surface area (Å²) in [6, 6.07) is 0. The van der Waals surface area contributed by atoms with Gasteiger partial charge in [0, 0.05) is 25.0 Å². The molecule has 3 rings (SSSR count). The van der Waals surface area contributed by atoms with Crippen LogP contribution in [0.4, 0.5) is 4.79 Å². The van der Waals surface area contributed by atoms with Gasteiger partial charge in [-0.15, -0.1) is 0 Å². The highest BCUT2D eigenvalue weighted by Crippen LogP contribution is 2.41. The molecule has 1 amide bonds. The maximum Gasteiger partial charge on any atom is 0.410 e. The molecule has 1 aromatic heterocycles. The van der Waals surface area contributed by atoms with Crippen molar-refractivity contribution in [3.63, 3.8) is 0 Å². The van der Waals surface area contributed by atoms with E-state index in [4.69, 9.17) is 16.3 Å². The molecule has 6 nitrogen and oxygen atoms in total. The SMILES string of the molecule is CC(C)(C)OC(=O)N1CC2(CCN(Cc3cnc(Cl)cn3)CC2)C1. The van der Waals surface area contributed by atoms with Gasteiger partial charge in [0.05, 0.1) is 18.1 Å². The van der Waals surface area contributed by atoms with E-state index in [9.17, 15) is 4.79 Å². The van der Waals surface area contributed by atoms with Crippen molar-refractivity contribution in [2.45, 2.75) is 45.8 Å². The first kappa shape index (κ1) is 17.4. The number of rotatable bonds is 2. The second-order valence-corrected chi connectivity index (χ2v) is 8.33. The Morgan fingerprint density at radius 3 is 2.46 bits per heavy atom. The maximum absolute atomic E-state index is 12.1. The van der Waals surface area contributed by atoms with Crippen molar-refractivity contribution in [2.24, 2.45) is 5.41 Å². The lowest BCUT2D eigenvalue weighted by Gasteiger charge is -2.53. The number of amides is 1. The highest BCUT2D eigenvalue weighted by Gasteiger charge is 2.47. The first-order valence-corrected chi connectivity index (χ1v) is 8.79. The first-order valence-electron chi connectivity index (χ1n) is 8.41. The van der Waals surface area contributed by atoms with Crippen LogP contribution in [0.5, 0.6) is 0 Å². The molecule has 2 saturated heterocycles. The number of hydrogen-bond acceptors (Lipinski definition) is 5. The molecule has 2 fully saturated rings. The summed E-state index contributed by atoms with van der Waals surface area (Å²) in [5.41, 5.74) is 0.793. The van der Waals surface area contributed by atoms with Crippen molar-refractivity contribution in [1.29, 1.82) is 0 Å². The Bertz CT molecular complexity index is 584. The summed E-state index contributed by atoms with van der Waals surface area (Å²) in [4.78, 5) is 24.7. The van der Waals surface area contributed by atoms with E-state index >= 15 is 0 Å². The summed E-state index contributed by atoms with van der Waals surface area (Å²) in [6.45, 7) is 10.2. The van der Waals surface area contributed by atoms with Gasteiger partial charge in [-0.25, -0.2) is 9.78 Å². The minimum atomic E-state index is -0.428. The molecule has 0 unspecified atom stereocenters. The van der Waals surface area contributed by atoms with Crippen LogP contribution in [0.3, 0.4) is 0 Å². The molecule has 0 saturated carbocycles. The van der Waals surface area contributed by atoms with Crippen LogP contribution < -0.4 is 0 Å². The average molecular weight is 353 g/mol. The topological polar surface area (TPSA) is 58.6 Å². The number of hydrogen-bond donors (Lipinski definition) is 0. The molecule has 0 bridgehead atoms. The van der Waals surface area contributed by atoms with Crippen LogP contribution in [-0.4, -0.2) is 57.6 Å². The normalized spacial score (nSPS) is 20.8. The fraction of sp³-hybridized carbons (Fsp3) is 0.706. The molecule has 7 heteroatoms. The van der Waals surface area contributed by atoms with Crippen LogP contribution in [0.1, 0.15) is 39.3 Å². The van der Waals surface area contributed by atoms with Gasteiger partial charge in [0.1, 0.15) is 10.8 Å². The zero-order valence-corrected chi connectivity index (χ0v) is 15.3. The Kier molecular flexibility index (Phi) is 4.71. The minimum absolute atomic E-state index is 0.188. The standard InChI is InChI=1S/C17H25ClN4O2/c1-16(2,3)24-15(23)22-11-17(12-22)4-6-21(7-5-17)10-13-8-20-14(18)9-19-13/h8-9H,4-7,10-12H2,1-3H3. The van der Waals surface area contributed by atoms with Crippen LogP contribution in [0.2, 0.25) is 5.15 Å². The third kappa shape index (κ3) is 4.16. The third-order valence-electron chi connectivity index (χ3n) is 4.68. The van der Waals surface area contributed by atoms with Gasteiger partial charge in [-0.1, -0.05) is 11.6 Å².